The largest absolute Gasteiger partial charge is 0.469 e. The van der Waals surface area contributed by atoms with Gasteiger partial charge >= 0.3 is 11.9 Å². The maximum absolute atomic E-state index is 11.8. The van der Waals surface area contributed by atoms with E-state index in [1.807, 2.05) is 0 Å². The van der Waals surface area contributed by atoms with Crippen LogP contribution in [0.2, 0.25) is 0 Å². The number of esters is 2. The Bertz CT molecular complexity index is 739. The van der Waals surface area contributed by atoms with Crippen molar-refractivity contribution in [1.29, 1.82) is 0 Å². The maximum atomic E-state index is 11.8. The van der Waals surface area contributed by atoms with Gasteiger partial charge in [-0.05, 0) is 111 Å². The van der Waals surface area contributed by atoms with E-state index in [2.05, 4.69) is 33.1 Å². The van der Waals surface area contributed by atoms with E-state index in [9.17, 15) is 9.59 Å². The minimum Gasteiger partial charge on any atom is -0.469 e. The summed E-state index contributed by atoms with van der Waals surface area (Å²) in [4.78, 5) is 23.3. The highest BCUT2D eigenvalue weighted by Gasteiger charge is 2.62. The Hall–Kier alpha value is -1.10. The average Bonchev–Trinajstić information content (AvgIpc) is 3.13. The molecule has 4 aliphatic carbocycles. The highest BCUT2D eigenvalue weighted by Crippen LogP contribution is 2.68. The topological polar surface area (TPSA) is 64.6 Å². The van der Waals surface area contributed by atoms with E-state index in [1.54, 1.807) is 6.92 Å². The molecule has 4 aliphatic rings. The van der Waals surface area contributed by atoms with Gasteiger partial charge in [-0.25, -0.2) is 0 Å². The van der Waals surface area contributed by atoms with Crippen molar-refractivity contribution in [2.45, 2.75) is 104 Å². The summed E-state index contributed by atoms with van der Waals surface area (Å²) in [6.45, 7) is 9.07. The van der Waals surface area contributed by atoms with Gasteiger partial charge in [-0.3, -0.25) is 9.59 Å². The van der Waals surface area contributed by atoms with Crippen LogP contribution in [0.15, 0.2) is 0 Å². The highest BCUT2D eigenvalue weighted by atomic mass is 16.5. The van der Waals surface area contributed by atoms with Gasteiger partial charge in [0.2, 0.25) is 0 Å². The average molecular weight is 462 g/mol. The highest BCUT2D eigenvalue weighted by molar-refractivity contribution is 5.69. The third kappa shape index (κ3) is 4.36. The maximum Gasteiger partial charge on any atom is 0.305 e. The Morgan fingerprint density at radius 1 is 1.03 bits per heavy atom. The van der Waals surface area contributed by atoms with Crippen LogP contribution in [-0.4, -0.2) is 38.2 Å². The Morgan fingerprint density at radius 3 is 2.39 bits per heavy atom. The number of carbonyl (C=O) groups excluding carboxylic acids is 2. The van der Waals surface area contributed by atoms with Crippen molar-refractivity contribution < 1.29 is 19.1 Å². The number of carbonyl (C=O) groups is 2. The summed E-state index contributed by atoms with van der Waals surface area (Å²) in [6, 6.07) is 0.554. The molecule has 0 saturated heterocycles. The number of fused-ring (bicyclic) bond motifs is 5. The SMILES string of the molecule is CN[C@H]1CC2C[C@H](OC(C)=O)CC[C@]2(C)C2CC[C@@]3(C)C(CC[C@@H]3[C@H](C)CCC(=O)OC)C21. The molecule has 0 aliphatic heterocycles. The van der Waals surface area contributed by atoms with Crippen molar-refractivity contribution in [3.8, 4) is 0 Å². The summed E-state index contributed by atoms with van der Waals surface area (Å²) in [5.74, 6) is 3.96. The van der Waals surface area contributed by atoms with Gasteiger partial charge in [0.1, 0.15) is 6.10 Å². The Labute approximate surface area is 201 Å². The monoisotopic (exact) mass is 461 g/mol. The summed E-state index contributed by atoms with van der Waals surface area (Å²) in [5.41, 5.74) is 0.745. The fraction of sp³-hybridized carbons (Fsp3) is 0.929. The molecule has 0 aromatic heterocycles. The first-order valence-corrected chi connectivity index (χ1v) is 13.5. The lowest BCUT2D eigenvalue weighted by molar-refractivity contribution is -0.164. The van der Waals surface area contributed by atoms with Crippen LogP contribution in [0.3, 0.4) is 0 Å². The summed E-state index contributed by atoms with van der Waals surface area (Å²) in [5, 5.41) is 3.76. The molecule has 0 aromatic rings. The lowest BCUT2D eigenvalue weighted by atomic mass is 9.43. The number of rotatable bonds is 6. The molecule has 5 heteroatoms. The smallest absolute Gasteiger partial charge is 0.305 e. The number of methoxy groups -OCH3 is 1. The molecule has 0 bridgehead atoms. The summed E-state index contributed by atoms with van der Waals surface area (Å²) in [7, 11) is 3.66. The van der Waals surface area contributed by atoms with Crippen LogP contribution in [0.5, 0.6) is 0 Å². The van der Waals surface area contributed by atoms with Gasteiger partial charge in [-0.1, -0.05) is 20.8 Å². The van der Waals surface area contributed by atoms with Crippen LogP contribution in [0.4, 0.5) is 0 Å². The van der Waals surface area contributed by atoms with Gasteiger partial charge in [0.25, 0.3) is 0 Å². The first kappa shape index (κ1) is 25.0. The predicted octanol–water partition coefficient (Wildman–Crippen LogP) is 5.36. The lowest BCUT2D eigenvalue weighted by Crippen LogP contribution is -2.61. The fourth-order valence-electron chi connectivity index (χ4n) is 9.50. The summed E-state index contributed by atoms with van der Waals surface area (Å²) in [6.07, 6.45) is 11.3. The minimum absolute atomic E-state index is 0.0730. The van der Waals surface area contributed by atoms with Crippen molar-refractivity contribution in [2.24, 2.45) is 46.3 Å². The molecule has 0 radical (unpaired) electrons. The Kier molecular flexibility index (Phi) is 7.21. The second-order valence-corrected chi connectivity index (χ2v) is 12.5. The van der Waals surface area contributed by atoms with Crippen molar-refractivity contribution in [3.63, 3.8) is 0 Å². The van der Waals surface area contributed by atoms with E-state index in [0.29, 0.717) is 41.0 Å². The number of hydrogen-bond donors (Lipinski definition) is 1. The first-order valence-electron chi connectivity index (χ1n) is 13.5. The molecule has 4 fully saturated rings. The molecule has 4 rings (SSSR count). The van der Waals surface area contributed by atoms with Crippen LogP contribution in [0.25, 0.3) is 0 Å². The standard InChI is InChI=1S/C28H47NO4/c1-17(7-10-25(31)32-6)21-8-9-22-26-23(12-14-28(21,22)4)27(3)13-11-20(33-18(2)30)15-19(27)16-24(26)29-5/h17,19-24,26,29H,7-16H2,1-6H3/t17-,19?,20-,21-,22?,23?,24+,26?,27+,28-/m1/s1. The molecular formula is C28H47NO4. The van der Waals surface area contributed by atoms with Crippen LogP contribution < -0.4 is 5.32 Å². The first-order chi connectivity index (χ1) is 15.6. The van der Waals surface area contributed by atoms with Crippen molar-refractivity contribution in [1.82, 2.24) is 5.32 Å². The third-order valence-electron chi connectivity index (χ3n) is 11.2. The van der Waals surface area contributed by atoms with E-state index in [0.717, 1.165) is 37.0 Å². The van der Waals surface area contributed by atoms with Gasteiger partial charge in [0.15, 0.2) is 0 Å². The zero-order valence-electron chi connectivity index (χ0n) is 21.8. The Morgan fingerprint density at radius 2 is 1.73 bits per heavy atom. The quantitative estimate of drug-likeness (QED) is 0.539. The molecule has 0 aromatic carbocycles. The molecule has 1 N–H and O–H groups in total. The van der Waals surface area contributed by atoms with Crippen molar-refractivity contribution >= 4 is 11.9 Å². The molecule has 10 atom stereocenters. The summed E-state index contributed by atoms with van der Waals surface area (Å²) < 4.78 is 10.6. The fourth-order valence-corrected chi connectivity index (χ4v) is 9.50. The van der Waals surface area contributed by atoms with Crippen LogP contribution in [0, 0.1) is 46.3 Å². The molecule has 4 unspecified atom stereocenters. The number of nitrogens with one attached hydrogen (secondary N) is 1. The van der Waals surface area contributed by atoms with Gasteiger partial charge in [0.05, 0.1) is 7.11 Å². The molecule has 188 valence electrons. The molecule has 5 nitrogen and oxygen atoms in total. The van der Waals surface area contributed by atoms with E-state index < -0.39 is 0 Å². The molecule has 4 saturated carbocycles. The van der Waals surface area contributed by atoms with Crippen LogP contribution >= 0.6 is 0 Å². The molecule has 0 heterocycles. The van der Waals surface area contributed by atoms with Gasteiger partial charge in [0, 0.05) is 19.4 Å². The predicted molar refractivity (Wildman–Crippen MR) is 129 cm³/mol. The van der Waals surface area contributed by atoms with Crippen LogP contribution in [0.1, 0.15) is 91.9 Å². The molecule has 0 spiro atoms. The second-order valence-electron chi connectivity index (χ2n) is 12.5. The van der Waals surface area contributed by atoms with E-state index >= 15 is 0 Å². The second kappa shape index (κ2) is 9.51. The van der Waals surface area contributed by atoms with E-state index in [1.165, 1.54) is 45.6 Å². The third-order valence-corrected chi connectivity index (χ3v) is 11.2. The molecule has 0 amide bonds. The van der Waals surface area contributed by atoms with Crippen LogP contribution in [-0.2, 0) is 19.1 Å². The Balaban J connectivity index is 1.53. The van der Waals surface area contributed by atoms with Gasteiger partial charge < -0.3 is 14.8 Å². The normalized spacial score (nSPS) is 45.3. The van der Waals surface area contributed by atoms with Crippen molar-refractivity contribution in [3.05, 3.63) is 0 Å². The van der Waals surface area contributed by atoms with E-state index in [-0.39, 0.29) is 18.0 Å². The zero-order valence-corrected chi connectivity index (χ0v) is 21.8. The minimum atomic E-state index is -0.130. The molecular weight excluding hydrogens is 414 g/mol. The summed E-state index contributed by atoms with van der Waals surface area (Å²) >= 11 is 0. The van der Waals surface area contributed by atoms with E-state index in [4.69, 9.17) is 9.47 Å². The number of hydrogen-bond acceptors (Lipinski definition) is 5. The van der Waals surface area contributed by atoms with Gasteiger partial charge in [-0.15, -0.1) is 0 Å². The molecule has 33 heavy (non-hydrogen) atoms. The lowest BCUT2D eigenvalue weighted by Gasteiger charge is -2.63. The van der Waals surface area contributed by atoms with Crippen molar-refractivity contribution in [2.75, 3.05) is 14.2 Å². The number of ether oxygens (including phenoxy) is 2. The zero-order chi connectivity index (χ0) is 24.0. The van der Waals surface area contributed by atoms with Gasteiger partial charge in [-0.2, -0.15) is 0 Å².